The molecule has 2 rings (SSSR count). The number of carbonyl (C=O) groups is 1. The van der Waals surface area contributed by atoms with Crippen molar-refractivity contribution < 1.29 is 4.79 Å². The summed E-state index contributed by atoms with van der Waals surface area (Å²) in [6.45, 7) is 1.78. The second kappa shape index (κ2) is 1.82. The van der Waals surface area contributed by atoms with Crippen molar-refractivity contribution in [2.75, 3.05) is 5.75 Å². The van der Waals surface area contributed by atoms with E-state index < -0.39 is 0 Å². The lowest BCUT2D eigenvalue weighted by Crippen LogP contribution is -2.08. The molecule has 0 radical (unpaired) electrons. The van der Waals surface area contributed by atoms with Gasteiger partial charge in [-0.05, 0) is 6.92 Å². The number of rotatable bonds is 0. The Kier molecular flexibility index (Phi) is 1.08. The smallest absolute Gasteiger partial charge is 0.259 e. The van der Waals surface area contributed by atoms with Crippen LogP contribution in [0, 0.1) is 6.92 Å². The van der Waals surface area contributed by atoms with Gasteiger partial charge in [0.15, 0.2) is 5.16 Å². The van der Waals surface area contributed by atoms with E-state index in [1.807, 2.05) is 0 Å². The van der Waals surface area contributed by atoms with Crippen LogP contribution in [0.25, 0.3) is 0 Å². The third kappa shape index (κ3) is 0.668. The maximum absolute atomic E-state index is 10.9. The first-order chi connectivity index (χ1) is 4.77. The van der Waals surface area contributed by atoms with E-state index in [-0.39, 0.29) is 5.91 Å². The lowest BCUT2D eigenvalue weighted by Gasteiger charge is -1.84. The van der Waals surface area contributed by atoms with Crippen LogP contribution in [-0.4, -0.2) is 26.4 Å². The molecule has 0 saturated heterocycles. The molecule has 0 spiro atoms. The van der Waals surface area contributed by atoms with Crippen molar-refractivity contribution in [2.24, 2.45) is 0 Å². The Morgan fingerprint density at radius 3 is 3.20 bits per heavy atom. The first kappa shape index (κ1) is 5.91. The fraction of sp³-hybridized carbons (Fsp3) is 0.400. The predicted molar refractivity (Wildman–Crippen MR) is 36.1 cm³/mol. The molecular weight excluding hydrogens is 150 g/mol. The van der Waals surface area contributed by atoms with Crippen LogP contribution in [0.15, 0.2) is 5.16 Å². The molecule has 0 saturated carbocycles. The predicted octanol–water partition coefficient (Wildman–Crippen LogP) is 0.332. The molecule has 1 aromatic heterocycles. The fourth-order valence-electron chi connectivity index (χ4n) is 0.839. The Hall–Kier alpha value is -0.840. The van der Waals surface area contributed by atoms with Crippen molar-refractivity contribution in [2.45, 2.75) is 12.1 Å². The van der Waals surface area contributed by atoms with E-state index in [1.165, 1.54) is 16.4 Å². The number of thioether (sulfide) groups is 1. The molecule has 0 aromatic carbocycles. The number of aromatic nitrogens is 3. The molecule has 0 amide bonds. The van der Waals surface area contributed by atoms with Crippen LogP contribution >= 0.6 is 11.8 Å². The highest BCUT2D eigenvalue weighted by atomic mass is 32.2. The summed E-state index contributed by atoms with van der Waals surface area (Å²) < 4.78 is 1.36. The quantitative estimate of drug-likeness (QED) is 0.541. The third-order valence-electron chi connectivity index (χ3n) is 1.24. The van der Waals surface area contributed by atoms with Crippen molar-refractivity contribution in [1.82, 2.24) is 14.8 Å². The summed E-state index contributed by atoms with van der Waals surface area (Å²) in [6, 6.07) is 0. The molecule has 0 N–H and O–H groups in total. The van der Waals surface area contributed by atoms with Crippen LogP contribution in [0.1, 0.15) is 10.6 Å². The highest BCUT2D eigenvalue weighted by Gasteiger charge is 2.22. The number of hydrogen-bond donors (Lipinski definition) is 0. The van der Waals surface area contributed by atoms with Crippen LogP contribution in [0.3, 0.4) is 0 Å². The highest BCUT2D eigenvalue weighted by molar-refractivity contribution is 8.00. The number of aryl methyl sites for hydroxylation is 1. The first-order valence-corrected chi connectivity index (χ1v) is 3.85. The number of fused-ring (bicyclic) bond motifs is 1. The summed E-state index contributed by atoms with van der Waals surface area (Å²) in [6.07, 6.45) is 0. The SMILES string of the molecule is Cc1nc2n(n1)C(=O)CS2. The molecule has 4 nitrogen and oxygen atoms in total. The molecule has 0 fully saturated rings. The molecule has 5 heteroatoms. The molecule has 1 aliphatic heterocycles. The zero-order valence-electron chi connectivity index (χ0n) is 5.37. The van der Waals surface area contributed by atoms with Gasteiger partial charge in [-0.3, -0.25) is 4.79 Å². The van der Waals surface area contributed by atoms with Crippen LogP contribution in [0.5, 0.6) is 0 Å². The van der Waals surface area contributed by atoms with Gasteiger partial charge in [0.05, 0.1) is 5.75 Å². The Labute approximate surface area is 61.6 Å². The van der Waals surface area contributed by atoms with Crippen LogP contribution in [0.2, 0.25) is 0 Å². The topological polar surface area (TPSA) is 47.8 Å². The van der Waals surface area contributed by atoms with E-state index in [0.29, 0.717) is 11.6 Å². The molecule has 0 atom stereocenters. The summed E-state index contributed by atoms with van der Waals surface area (Å²) >= 11 is 1.44. The molecule has 2 heterocycles. The van der Waals surface area contributed by atoms with Gasteiger partial charge in [0.25, 0.3) is 5.91 Å². The Morgan fingerprint density at radius 2 is 2.50 bits per heavy atom. The van der Waals surface area contributed by atoms with Crippen molar-refractivity contribution in [3.8, 4) is 0 Å². The van der Waals surface area contributed by atoms with Crippen molar-refractivity contribution in [3.05, 3.63) is 5.82 Å². The molecule has 0 unspecified atom stereocenters. The molecule has 52 valence electrons. The molecule has 0 bridgehead atoms. The van der Waals surface area contributed by atoms with Gasteiger partial charge >= 0.3 is 0 Å². The van der Waals surface area contributed by atoms with Crippen molar-refractivity contribution >= 4 is 17.7 Å². The van der Waals surface area contributed by atoms with Gasteiger partial charge in [-0.15, -0.1) is 5.10 Å². The van der Waals surface area contributed by atoms with E-state index >= 15 is 0 Å². The molecule has 1 aliphatic rings. The van der Waals surface area contributed by atoms with Gasteiger partial charge in [-0.25, -0.2) is 4.98 Å². The first-order valence-electron chi connectivity index (χ1n) is 2.87. The van der Waals surface area contributed by atoms with Gasteiger partial charge in [-0.2, -0.15) is 4.68 Å². The number of nitrogens with zero attached hydrogens (tertiary/aromatic N) is 3. The molecule has 10 heavy (non-hydrogen) atoms. The highest BCUT2D eigenvalue weighted by Crippen LogP contribution is 2.21. The van der Waals surface area contributed by atoms with Gasteiger partial charge in [0.1, 0.15) is 5.82 Å². The number of hydrogen-bond acceptors (Lipinski definition) is 4. The Balaban J connectivity index is 2.59. The maximum Gasteiger partial charge on any atom is 0.259 e. The molecule has 1 aromatic rings. The summed E-state index contributed by atoms with van der Waals surface area (Å²) in [5, 5.41) is 4.63. The van der Waals surface area contributed by atoms with Gasteiger partial charge < -0.3 is 0 Å². The van der Waals surface area contributed by atoms with Crippen molar-refractivity contribution in [1.29, 1.82) is 0 Å². The average molecular weight is 155 g/mol. The van der Waals surface area contributed by atoms with Gasteiger partial charge in [0, 0.05) is 0 Å². The summed E-state index contributed by atoms with van der Waals surface area (Å²) in [7, 11) is 0. The molecular formula is C5H5N3OS. The van der Waals surface area contributed by atoms with E-state index in [4.69, 9.17) is 0 Å². The Bertz CT molecular complexity index is 293. The third-order valence-corrected chi connectivity index (χ3v) is 2.16. The van der Waals surface area contributed by atoms with E-state index in [0.717, 1.165) is 5.16 Å². The summed E-state index contributed by atoms with van der Waals surface area (Å²) in [4.78, 5) is 15.0. The fourth-order valence-corrected chi connectivity index (χ4v) is 1.68. The van der Waals surface area contributed by atoms with E-state index in [9.17, 15) is 4.79 Å². The van der Waals surface area contributed by atoms with Crippen LogP contribution in [-0.2, 0) is 0 Å². The van der Waals surface area contributed by atoms with Crippen molar-refractivity contribution in [3.63, 3.8) is 0 Å². The standard InChI is InChI=1S/C5H5N3OS/c1-3-6-5-8(7-3)4(9)2-10-5/h2H2,1H3. The minimum absolute atomic E-state index is 0.0283. The summed E-state index contributed by atoms with van der Waals surface area (Å²) in [5.74, 6) is 1.17. The van der Waals surface area contributed by atoms with Crippen LogP contribution in [0.4, 0.5) is 0 Å². The van der Waals surface area contributed by atoms with Crippen LogP contribution < -0.4 is 0 Å². The second-order valence-electron chi connectivity index (χ2n) is 2.04. The van der Waals surface area contributed by atoms with E-state index in [1.54, 1.807) is 6.92 Å². The average Bonchev–Trinajstić information content (AvgIpc) is 2.35. The van der Waals surface area contributed by atoms with E-state index in [2.05, 4.69) is 10.1 Å². The lowest BCUT2D eigenvalue weighted by molar-refractivity contribution is 0.0923. The minimum Gasteiger partial charge on any atom is -0.271 e. The minimum atomic E-state index is 0.0283. The Morgan fingerprint density at radius 1 is 1.70 bits per heavy atom. The maximum atomic E-state index is 10.9. The van der Waals surface area contributed by atoms with Gasteiger partial charge in [0.2, 0.25) is 0 Å². The second-order valence-corrected chi connectivity index (χ2v) is 2.98. The molecule has 0 aliphatic carbocycles. The van der Waals surface area contributed by atoms with Gasteiger partial charge in [-0.1, -0.05) is 11.8 Å². The largest absolute Gasteiger partial charge is 0.271 e. The zero-order chi connectivity index (χ0) is 7.14. The zero-order valence-corrected chi connectivity index (χ0v) is 6.18. The monoisotopic (exact) mass is 155 g/mol. The number of carbonyl (C=O) groups excluding carboxylic acids is 1. The summed E-state index contributed by atoms with van der Waals surface area (Å²) in [5.41, 5.74) is 0. The normalized spacial score (nSPS) is 15.9. The lowest BCUT2D eigenvalue weighted by atomic mass is 10.7.